The lowest BCUT2D eigenvalue weighted by molar-refractivity contribution is 0.146. The van der Waals surface area contributed by atoms with Crippen molar-refractivity contribution in [2.75, 3.05) is 26.7 Å². The van der Waals surface area contributed by atoms with Gasteiger partial charge < -0.3 is 19.6 Å². The molecular weight excluding hydrogens is 416 g/mol. The van der Waals surface area contributed by atoms with E-state index in [0.29, 0.717) is 35.8 Å². The molecule has 2 N–H and O–H groups in total. The smallest absolute Gasteiger partial charge is 0.246 e. The number of nitrogens with one attached hydrogen (secondary N) is 2. The molecule has 0 saturated carbocycles. The minimum Gasteiger partial charge on any atom is -0.468 e. The Bertz CT molecular complexity index is 964. The zero-order chi connectivity index (χ0) is 21.5. The average Bonchev–Trinajstić information content (AvgIpc) is 3.50. The summed E-state index contributed by atoms with van der Waals surface area (Å²) in [5.41, 5.74) is 0.852. The number of hydrogen-bond acceptors (Lipinski definition) is 6. The van der Waals surface area contributed by atoms with Crippen LogP contribution >= 0.6 is 11.6 Å². The molecular formula is C22H27ClN6O2. The fourth-order valence-electron chi connectivity index (χ4n) is 3.74. The van der Waals surface area contributed by atoms with Gasteiger partial charge in [-0.15, -0.1) is 0 Å². The van der Waals surface area contributed by atoms with Crippen LogP contribution in [0.15, 0.2) is 56.6 Å². The van der Waals surface area contributed by atoms with Gasteiger partial charge in [0, 0.05) is 24.2 Å². The molecule has 164 valence electrons. The van der Waals surface area contributed by atoms with Crippen LogP contribution in [0.3, 0.4) is 0 Å². The minimum absolute atomic E-state index is 0.161. The van der Waals surface area contributed by atoms with Crippen molar-refractivity contribution in [3.63, 3.8) is 0 Å². The number of halogens is 1. The van der Waals surface area contributed by atoms with E-state index in [1.54, 1.807) is 25.4 Å². The highest BCUT2D eigenvalue weighted by Crippen LogP contribution is 2.24. The average molecular weight is 443 g/mol. The van der Waals surface area contributed by atoms with Gasteiger partial charge in [0.25, 0.3) is 0 Å². The maximum Gasteiger partial charge on any atom is 0.246 e. The molecule has 1 aliphatic rings. The summed E-state index contributed by atoms with van der Waals surface area (Å²) in [6, 6.07) is 11.5. The Hall–Kier alpha value is -2.84. The van der Waals surface area contributed by atoms with Crippen LogP contribution in [0, 0.1) is 0 Å². The number of aromatic nitrogens is 2. The molecule has 1 saturated heterocycles. The summed E-state index contributed by atoms with van der Waals surface area (Å²) >= 11 is 5.94. The molecule has 0 amide bonds. The number of furan rings is 1. The number of hydrogen-bond donors (Lipinski definition) is 2. The molecule has 0 bridgehead atoms. The molecule has 4 rings (SSSR count). The van der Waals surface area contributed by atoms with E-state index in [1.807, 2.05) is 24.3 Å². The van der Waals surface area contributed by atoms with Crippen molar-refractivity contribution in [3.05, 3.63) is 59.3 Å². The van der Waals surface area contributed by atoms with Crippen molar-refractivity contribution in [2.24, 2.45) is 4.99 Å². The zero-order valence-corrected chi connectivity index (χ0v) is 18.3. The van der Waals surface area contributed by atoms with Crippen LogP contribution in [0.5, 0.6) is 0 Å². The van der Waals surface area contributed by atoms with Crippen molar-refractivity contribution in [2.45, 2.75) is 31.8 Å². The second-order valence-electron chi connectivity index (χ2n) is 7.45. The third kappa shape index (κ3) is 5.65. The van der Waals surface area contributed by atoms with Gasteiger partial charge in [-0.05, 0) is 62.3 Å². The second-order valence-corrected chi connectivity index (χ2v) is 7.89. The van der Waals surface area contributed by atoms with Crippen molar-refractivity contribution in [1.82, 2.24) is 25.7 Å². The van der Waals surface area contributed by atoms with Crippen LogP contribution in [0.2, 0.25) is 5.02 Å². The van der Waals surface area contributed by atoms with Crippen molar-refractivity contribution in [1.29, 1.82) is 0 Å². The number of rotatable bonds is 7. The first kappa shape index (κ1) is 21.4. The summed E-state index contributed by atoms with van der Waals surface area (Å²) in [5, 5.41) is 11.3. The van der Waals surface area contributed by atoms with Crippen LogP contribution in [0.1, 0.15) is 37.0 Å². The minimum atomic E-state index is 0.161. The van der Waals surface area contributed by atoms with Gasteiger partial charge in [-0.1, -0.05) is 23.2 Å². The first-order valence-electron chi connectivity index (χ1n) is 10.5. The number of nitrogens with zero attached hydrogens (tertiary/aromatic N) is 4. The fourth-order valence-corrected chi connectivity index (χ4v) is 3.86. The highest BCUT2D eigenvalue weighted by Gasteiger charge is 2.24. The van der Waals surface area contributed by atoms with Crippen molar-refractivity contribution < 1.29 is 8.94 Å². The summed E-state index contributed by atoms with van der Waals surface area (Å²) in [7, 11) is 1.74. The first-order valence-corrected chi connectivity index (χ1v) is 10.9. The topological polar surface area (TPSA) is 91.7 Å². The third-order valence-corrected chi connectivity index (χ3v) is 5.62. The van der Waals surface area contributed by atoms with Gasteiger partial charge in [-0.3, -0.25) is 9.89 Å². The summed E-state index contributed by atoms with van der Waals surface area (Å²) in [6.07, 6.45) is 5.46. The number of guanidine groups is 1. The van der Waals surface area contributed by atoms with E-state index in [9.17, 15) is 0 Å². The summed E-state index contributed by atoms with van der Waals surface area (Å²) in [6.45, 7) is 3.21. The van der Waals surface area contributed by atoms with Gasteiger partial charge in [-0.25, -0.2) is 0 Å². The van der Waals surface area contributed by atoms with Gasteiger partial charge in [0.15, 0.2) is 5.96 Å². The van der Waals surface area contributed by atoms with Crippen LogP contribution in [-0.4, -0.2) is 47.7 Å². The molecule has 1 unspecified atom stereocenters. The Morgan fingerprint density at radius 3 is 2.68 bits per heavy atom. The highest BCUT2D eigenvalue weighted by atomic mass is 35.5. The lowest BCUT2D eigenvalue weighted by Crippen LogP contribution is -2.44. The van der Waals surface area contributed by atoms with Gasteiger partial charge in [0.1, 0.15) is 5.76 Å². The Morgan fingerprint density at radius 1 is 1.16 bits per heavy atom. The lowest BCUT2D eigenvalue weighted by Gasteiger charge is -2.33. The van der Waals surface area contributed by atoms with E-state index in [2.05, 4.69) is 30.7 Å². The van der Waals surface area contributed by atoms with Gasteiger partial charge >= 0.3 is 0 Å². The van der Waals surface area contributed by atoms with E-state index in [1.165, 1.54) is 19.3 Å². The molecule has 0 radical (unpaired) electrons. The first-order chi connectivity index (χ1) is 15.2. The Morgan fingerprint density at radius 2 is 1.97 bits per heavy atom. The van der Waals surface area contributed by atoms with Crippen LogP contribution in [0.4, 0.5) is 0 Å². The molecule has 0 aliphatic carbocycles. The van der Waals surface area contributed by atoms with E-state index in [0.717, 1.165) is 24.4 Å². The molecule has 1 atom stereocenters. The Kier molecular flexibility index (Phi) is 7.22. The fraction of sp³-hybridized carbons (Fsp3) is 0.409. The van der Waals surface area contributed by atoms with E-state index < -0.39 is 0 Å². The predicted octanol–water partition coefficient (Wildman–Crippen LogP) is 3.88. The summed E-state index contributed by atoms with van der Waals surface area (Å²) in [5.74, 6) is 2.64. The number of aliphatic imine (C=N–C) groups is 1. The monoisotopic (exact) mass is 442 g/mol. The quantitative estimate of drug-likeness (QED) is 0.423. The normalized spacial score (nSPS) is 16.3. The molecule has 8 nitrogen and oxygen atoms in total. The number of benzene rings is 1. The second kappa shape index (κ2) is 10.5. The predicted molar refractivity (Wildman–Crippen MR) is 120 cm³/mol. The van der Waals surface area contributed by atoms with E-state index in [-0.39, 0.29) is 6.04 Å². The van der Waals surface area contributed by atoms with Gasteiger partial charge in [0.2, 0.25) is 11.7 Å². The maximum atomic E-state index is 5.94. The third-order valence-electron chi connectivity index (χ3n) is 5.37. The molecule has 0 spiro atoms. The molecule has 3 aromatic rings. The highest BCUT2D eigenvalue weighted by molar-refractivity contribution is 6.30. The summed E-state index contributed by atoms with van der Waals surface area (Å²) < 4.78 is 11.1. The summed E-state index contributed by atoms with van der Waals surface area (Å²) in [4.78, 5) is 11.2. The van der Waals surface area contributed by atoms with Crippen LogP contribution < -0.4 is 10.6 Å². The van der Waals surface area contributed by atoms with Gasteiger partial charge in [-0.2, -0.15) is 4.98 Å². The molecule has 1 fully saturated rings. The molecule has 2 aromatic heterocycles. The lowest BCUT2D eigenvalue weighted by atomic mass is 10.1. The molecule has 1 aromatic carbocycles. The molecule has 3 heterocycles. The Balaban J connectivity index is 1.33. The maximum absolute atomic E-state index is 5.94. The van der Waals surface area contributed by atoms with Gasteiger partial charge in [0.05, 0.1) is 18.8 Å². The van der Waals surface area contributed by atoms with E-state index >= 15 is 0 Å². The number of piperidine rings is 1. The molecule has 1 aliphatic heterocycles. The van der Waals surface area contributed by atoms with Crippen LogP contribution in [-0.2, 0) is 6.54 Å². The van der Waals surface area contributed by atoms with Crippen molar-refractivity contribution >= 4 is 17.6 Å². The molecule has 9 heteroatoms. The Labute approximate surface area is 186 Å². The number of likely N-dealkylation sites (tertiary alicyclic amines) is 1. The van der Waals surface area contributed by atoms with E-state index in [4.69, 9.17) is 20.5 Å². The SMILES string of the molecule is CN=C(NCc1nc(-c2ccc(Cl)cc2)no1)NCC(c1ccco1)N1CCCCC1. The molecule has 31 heavy (non-hydrogen) atoms. The van der Waals surface area contributed by atoms with Crippen molar-refractivity contribution in [3.8, 4) is 11.4 Å². The standard InChI is InChI=1S/C22H27ClN6O2/c1-24-22(25-14-18(19-6-5-13-30-19)29-11-3-2-4-12-29)26-15-20-27-21(28-31-20)16-7-9-17(23)10-8-16/h5-10,13,18H,2-4,11-12,14-15H2,1H3,(H2,24,25,26). The zero-order valence-electron chi connectivity index (χ0n) is 17.6. The van der Waals surface area contributed by atoms with Crippen LogP contribution in [0.25, 0.3) is 11.4 Å². The largest absolute Gasteiger partial charge is 0.468 e.